The fraction of sp³-hybridized carbons (Fsp3) is 0.667. The second-order valence-electron chi connectivity index (χ2n) is 6.29. The molecule has 122 valence electrons. The molecule has 22 heavy (non-hydrogen) atoms. The van der Waals surface area contributed by atoms with Gasteiger partial charge in [-0.1, -0.05) is 11.6 Å². The predicted molar refractivity (Wildman–Crippen MR) is 86.6 cm³/mol. The Hall–Kier alpha value is -0.660. The van der Waals surface area contributed by atoms with Gasteiger partial charge in [0.2, 0.25) is 0 Å². The van der Waals surface area contributed by atoms with Crippen molar-refractivity contribution in [2.75, 3.05) is 19.7 Å². The molecule has 5 nitrogen and oxygen atoms in total. The lowest BCUT2D eigenvalue weighted by Gasteiger charge is -2.52. The first-order valence-corrected chi connectivity index (χ1v) is 8.75. The smallest absolute Gasteiger partial charge is 0.261 e. The van der Waals surface area contributed by atoms with E-state index < -0.39 is 17.2 Å². The van der Waals surface area contributed by atoms with Gasteiger partial charge in [0.05, 0.1) is 20.4 Å². The van der Waals surface area contributed by atoms with E-state index in [4.69, 9.17) is 16.3 Å². The van der Waals surface area contributed by atoms with E-state index in [1.807, 2.05) is 6.92 Å². The van der Waals surface area contributed by atoms with Gasteiger partial charge in [0.25, 0.3) is 5.91 Å². The molecule has 2 aliphatic heterocycles. The number of aliphatic hydroxyl groups excluding tert-OH is 1. The Kier molecular flexibility index (Phi) is 4.49. The molecule has 1 aromatic heterocycles. The SMILES string of the molecule is C[C@@]1(NC(=O)c2ccc(Cl)s2)CCOC2(CCNCC2)[C@H]1O. The van der Waals surface area contributed by atoms with E-state index >= 15 is 0 Å². The molecule has 0 bridgehead atoms. The molecule has 0 unspecified atom stereocenters. The Morgan fingerprint density at radius 3 is 2.82 bits per heavy atom. The van der Waals surface area contributed by atoms with Crippen LogP contribution in [0.4, 0.5) is 0 Å². The standard InChI is InChI=1S/C15H21ClN2O3S/c1-14(18-12(19)10-2-3-11(16)22-10)6-9-21-15(13(14)20)4-7-17-8-5-15/h2-3,13,17,20H,4-9H2,1H3,(H,18,19)/t13-,14+/m0/s1. The Morgan fingerprint density at radius 2 is 2.18 bits per heavy atom. The zero-order valence-corrected chi connectivity index (χ0v) is 14.1. The first-order chi connectivity index (χ1) is 10.5. The van der Waals surface area contributed by atoms with Gasteiger partial charge in [-0.25, -0.2) is 0 Å². The minimum atomic E-state index is -0.727. The highest BCUT2D eigenvalue weighted by molar-refractivity contribution is 7.18. The molecule has 0 aliphatic carbocycles. The Bertz CT molecular complexity index is 553. The molecule has 0 radical (unpaired) electrons. The Morgan fingerprint density at radius 1 is 1.45 bits per heavy atom. The van der Waals surface area contributed by atoms with Gasteiger partial charge in [0, 0.05) is 6.61 Å². The fourth-order valence-corrected chi connectivity index (χ4v) is 4.36. The van der Waals surface area contributed by atoms with Crippen molar-refractivity contribution in [2.45, 2.75) is 43.4 Å². The van der Waals surface area contributed by atoms with Crippen LogP contribution in [-0.2, 0) is 4.74 Å². The van der Waals surface area contributed by atoms with Gasteiger partial charge in [-0.3, -0.25) is 4.79 Å². The van der Waals surface area contributed by atoms with Gasteiger partial charge in [-0.05, 0) is 51.4 Å². The molecule has 1 spiro atoms. The molecule has 0 aromatic carbocycles. The number of aliphatic hydroxyl groups is 1. The van der Waals surface area contributed by atoms with Crippen LogP contribution >= 0.6 is 22.9 Å². The lowest BCUT2D eigenvalue weighted by atomic mass is 9.73. The lowest BCUT2D eigenvalue weighted by molar-refractivity contribution is -0.197. The summed E-state index contributed by atoms with van der Waals surface area (Å²) < 4.78 is 6.53. The maximum atomic E-state index is 12.4. The van der Waals surface area contributed by atoms with Crippen LogP contribution in [-0.4, -0.2) is 48.0 Å². The van der Waals surface area contributed by atoms with E-state index in [0.717, 1.165) is 25.9 Å². The quantitative estimate of drug-likeness (QED) is 0.765. The van der Waals surface area contributed by atoms with Gasteiger partial charge in [-0.15, -0.1) is 11.3 Å². The molecule has 3 rings (SSSR count). The number of hydrogen-bond donors (Lipinski definition) is 3. The number of nitrogens with one attached hydrogen (secondary N) is 2. The molecule has 2 atom stereocenters. The fourth-order valence-electron chi connectivity index (χ4n) is 3.42. The highest BCUT2D eigenvalue weighted by atomic mass is 35.5. The predicted octanol–water partition coefficient (Wildman–Crippen LogP) is 1.79. The second-order valence-corrected chi connectivity index (χ2v) is 8.01. The van der Waals surface area contributed by atoms with Crippen LogP contribution < -0.4 is 10.6 Å². The van der Waals surface area contributed by atoms with Crippen molar-refractivity contribution < 1.29 is 14.6 Å². The van der Waals surface area contributed by atoms with Crippen molar-refractivity contribution in [3.63, 3.8) is 0 Å². The molecular weight excluding hydrogens is 324 g/mol. The summed E-state index contributed by atoms with van der Waals surface area (Å²) in [4.78, 5) is 13.0. The first-order valence-electron chi connectivity index (χ1n) is 7.56. The number of rotatable bonds is 2. The molecule has 0 saturated carbocycles. The van der Waals surface area contributed by atoms with Crippen LogP contribution in [0, 0.1) is 0 Å². The third-order valence-corrected chi connectivity index (χ3v) is 5.99. The summed E-state index contributed by atoms with van der Waals surface area (Å²) in [5, 5.41) is 17.2. The Labute approximate surface area is 139 Å². The second kappa shape index (κ2) is 6.09. The molecule has 7 heteroatoms. The van der Waals surface area contributed by atoms with E-state index in [2.05, 4.69) is 10.6 Å². The highest BCUT2D eigenvalue weighted by Crippen LogP contribution is 2.38. The summed E-state index contributed by atoms with van der Waals surface area (Å²) in [5.74, 6) is -0.190. The van der Waals surface area contributed by atoms with Gasteiger partial charge in [-0.2, -0.15) is 0 Å². The van der Waals surface area contributed by atoms with Crippen molar-refractivity contribution in [2.24, 2.45) is 0 Å². The number of carbonyl (C=O) groups is 1. The van der Waals surface area contributed by atoms with Crippen LogP contribution in [0.5, 0.6) is 0 Å². The Balaban J connectivity index is 1.77. The third kappa shape index (κ3) is 2.90. The number of thiophene rings is 1. The number of hydrogen-bond acceptors (Lipinski definition) is 5. The molecule has 2 aliphatic rings. The van der Waals surface area contributed by atoms with Gasteiger partial charge < -0.3 is 20.5 Å². The van der Waals surface area contributed by atoms with Crippen molar-refractivity contribution in [3.05, 3.63) is 21.3 Å². The molecule has 2 saturated heterocycles. The topological polar surface area (TPSA) is 70.6 Å². The van der Waals surface area contributed by atoms with E-state index in [1.54, 1.807) is 12.1 Å². The zero-order valence-electron chi connectivity index (χ0n) is 12.5. The summed E-state index contributed by atoms with van der Waals surface area (Å²) in [6.45, 7) is 4.08. The van der Waals surface area contributed by atoms with Crippen molar-refractivity contribution in [1.29, 1.82) is 0 Å². The number of halogens is 1. The molecule has 3 N–H and O–H groups in total. The summed E-state index contributed by atoms with van der Waals surface area (Å²) in [5.41, 5.74) is -1.25. The number of amides is 1. The average Bonchev–Trinajstić information content (AvgIpc) is 2.93. The normalized spacial score (nSPS) is 31.1. The highest BCUT2D eigenvalue weighted by Gasteiger charge is 2.53. The molecule has 3 heterocycles. The first kappa shape index (κ1) is 16.2. The maximum Gasteiger partial charge on any atom is 0.261 e. The third-order valence-electron chi connectivity index (χ3n) is 4.76. The van der Waals surface area contributed by atoms with Crippen LogP contribution in [0.1, 0.15) is 35.9 Å². The lowest BCUT2D eigenvalue weighted by Crippen LogP contribution is -2.69. The zero-order chi connectivity index (χ0) is 15.8. The van der Waals surface area contributed by atoms with Crippen LogP contribution in [0.3, 0.4) is 0 Å². The van der Waals surface area contributed by atoms with Crippen molar-refractivity contribution in [3.8, 4) is 0 Å². The summed E-state index contributed by atoms with van der Waals surface area (Å²) >= 11 is 7.13. The van der Waals surface area contributed by atoms with Crippen molar-refractivity contribution in [1.82, 2.24) is 10.6 Å². The van der Waals surface area contributed by atoms with E-state index in [1.165, 1.54) is 11.3 Å². The van der Waals surface area contributed by atoms with Gasteiger partial charge in [0.15, 0.2) is 0 Å². The summed E-state index contributed by atoms with van der Waals surface area (Å²) in [6.07, 6.45) is 1.37. The molecular formula is C15H21ClN2O3S. The summed E-state index contributed by atoms with van der Waals surface area (Å²) in [6, 6.07) is 3.41. The largest absolute Gasteiger partial charge is 0.388 e. The summed E-state index contributed by atoms with van der Waals surface area (Å²) in [7, 11) is 0. The molecule has 2 fully saturated rings. The van der Waals surface area contributed by atoms with Crippen LogP contribution in [0.2, 0.25) is 4.34 Å². The monoisotopic (exact) mass is 344 g/mol. The van der Waals surface area contributed by atoms with Crippen LogP contribution in [0.25, 0.3) is 0 Å². The maximum absolute atomic E-state index is 12.4. The molecule has 1 aromatic rings. The average molecular weight is 345 g/mol. The van der Waals surface area contributed by atoms with Gasteiger partial charge >= 0.3 is 0 Å². The van der Waals surface area contributed by atoms with E-state index in [0.29, 0.717) is 22.2 Å². The number of piperidine rings is 1. The minimum Gasteiger partial charge on any atom is -0.388 e. The number of carbonyl (C=O) groups excluding carboxylic acids is 1. The van der Waals surface area contributed by atoms with Crippen molar-refractivity contribution >= 4 is 28.8 Å². The van der Waals surface area contributed by atoms with Gasteiger partial charge in [0.1, 0.15) is 6.10 Å². The van der Waals surface area contributed by atoms with Crippen LogP contribution in [0.15, 0.2) is 12.1 Å². The minimum absolute atomic E-state index is 0.190. The van der Waals surface area contributed by atoms with E-state index in [9.17, 15) is 9.90 Å². The molecule has 1 amide bonds. The van der Waals surface area contributed by atoms with E-state index in [-0.39, 0.29) is 5.91 Å². The number of ether oxygens (including phenoxy) is 1.